The molecule has 1 aliphatic heterocycles. The third-order valence-electron chi connectivity index (χ3n) is 5.18. The number of aryl methyl sites for hydroxylation is 1. The Labute approximate surface area is 177 Å². The third kappa shape index (κ3) is 4.88. The number of para-hydroxylation sites is 1. The van der Waals surface area contributed by atoms with Crippen molar-refractivity contribution < 1.29 is 18.0 Å². The highest BCUT2D eigenvalue weighted by molar-refractivity contribution is 7.89. The SMILES string of the molecule is CCc1ccccc1NC(=O)CN(C)C(=O)c1cccc(S(=O)(=O)N2CCCC2)c1. The van der Waals surface area contributed by atoms with E-state index in [-0.39, 0.29) is 22.9 Å². The largest absolute Gasteiger partial charge is 0.332 e. The molecule has 160 valence electrons. The van der Waals surface area contributed by atoms with E-state index in [0.29, 0.717) is 13.1 Å². The number of hydrogen-bond donors (Lipinski definition) is 1. The molecular weight excluding hydrogens is 402 g/mol. The van der Waals surface area contributed by atoms with Crippen LogP contribution in [-0.4, -0.2) is 56.1 Å². The average Bonchev–Trinajstić information content (AvgIpc) is 3.29. The second-order valence-corrected chi connectivity index (χ2v) is 9.30. The van der Waals surface area contributed by atoms with Crippen LogP contribution in [0.5, 0.6) is 0 Å². The fraction of sp³-hybridized carbons (Fsp3) is 0.364. The molecule has 1 heterocycles. The van der Waals surface area contributed by atoms with Gasteiger partial charge in [-0.25, -0.2) is 8.42 Å². The van der Waals surface area contributed by atoms with Crippen LogP contribution in [-0.2, 0) is 21.2 Å². The van der Waals surface area contributed by atoms with Crippen molar-refractivity contribution in [1.82, 2.24) is 9.21 Å². The lowest BCUT2D eigenvalue weighted by Gasteiger charge is -2.19. The lowest BCUT2D eigenvalue weighted by molar-refractivity contribution is -0.116. The monoisotopic (exact) mass is 429 g/mol. The van der Waals surface area contributed by atoms with E-state index in [1.165, 1.54) is 28.4 Å². The maximum absolute atomic E-state index is 12.8. The summed E-state index contributed by atoms with van der Waals surface area (Å²) in [5.74, 6) is -0.722. The van der Waals surface area contributed by atoms with Crippen LogP contribution in [0.3, 0.4) is 0 Å². The lowest BCUT2D eigenvalue weighted by atomic mass is 10.1. The molecule has 30 heavy (non-hydrogen) atoms. The molecule has 1 aliphatic rings. The minimum absolute atomic E-state index is 0.102. The Morgan fingerprint density at radius 2 is 1.77 bits per heavy atom. The zero-order valence-corrected chi connectivity index (χ0v) is 18.1. The molecule has 1 saturated heterocycles. The summed E-state index contributed by atoms with van der Waals surface area (Å²) in [5, 5.41) is 2.84. The van der Waals surface area contributed by atoms with E-state index in [1.807, 2.05) is 31.2 Å². The minimum atomic E-state index is -3.61. The van der Waals surface area contributed by atoms with Gasteiger partial charge < -0.3 is 10.2 Å². The molecule has 0 aliphatic carbocycles. The van der Waals surface area contributed by atoms with Crippen molar-refractivity contribution in [2.75, 3.05) is 32.0 Å². The maximum Gasteiger partial charge on any atom is 0.254 e. The van der Waals surface area contributed by atoms with Crippen LogP contribution in [0.2, 0.25) is 0 Å². The van der Waals surface area contributed by atoms with Crippen LogP contribution in [0.4, 0.5) is 5.69 Å². The van der Waals surface area contributed by atoms with Gasteiger partial charge in [-0.3, -0.25) is 9.59 Å². The van der Waals surface area contributed by atoms with Crippen molar-refractivity contribution in [3.05, 3.63) is 59.7 Å². The van der Waals surface area contributed by atoms with Crippen LogP contribution in [0.15, 0.2) is 53.4 Å². The zero-order valence-electron chi connectivity index (χ0n) is 17.3. The molecule has 0 atom stereocenters. The van der Waals surface area contributed by atoms with Gasteiger partial charge in [0.05, 0.1) is 11.4 Å². The zero-order chi connectivity index (χ0) is 21.7. The molecule has 2 amide bonds. The second-order valence-electron chi connectivity index (χ2n) is 7.36. The van der Waals surface area contributed by atoms with Gasteiger partial charge >= 0.3 is 0 Å². The van der Waals surface area contributed by atoms with Crippen LogP contribution in [0.25, 0.3) is 0 Å². The quantitative estimate of drug-likeness (QED) is 0.733. The molecular formula is C22H27N3O4S. The van der Waals surface area contributed by atoms with Crippen LogP contribution in [0, 0.1) is 0 Å². The summed E-state index contributed by atoms with van der Waals surface area (Å²) in [7, 11) is -2.09. The number of hydrogen-bond acceptors (Lipinski definition) is 4. The number of anilines is 1. The van der Waals surface area contributed by atoms with Crippen molar-refractivity contribution in [2.45, 2.75) is 31.1 Å². The molecule has 0 radical (unpaired) electrons. The van der Waals surface area contributed by atoms with Crippen molar-refractivity contribution in [3.63, 3.8) is 0 Å². The van der Waals surface area contributed by atoms with Gasteiger partial charge in [0.25, 0.3) is 5.91 Å². The Balaban J connectivity index is 1.69. The van der Waals surface area contributed by atoms with Gasteiger partial charge in [-0.1, -0.05) is 31.2 Å². The molecule has 1 fully saturated rings. The first-order chi connectivity index (χ1) is 14.3. The van der Waals surface area contributed by atoms with Gasteiger partial charge in [0.1, 0.15) is 0 Å². The fourth-order valence-electron chi connectivity index (χ4n) is 3.52. The van der Waals surface area contributed by atoms with Crippen molar-refractivity contribution in [3.8, 4) is 0 Å². The lowest BCUT2D eigenvalue weighted by Crippen LogP contribution is -2.35. The molecule has 2 aromatic rings. The van der Waals surface area contributed by atoms with E-state index in [2.05, 4.69) is 5.32 Å². The summed E-state index contributed by atoms with van der Waals surface area (Å²) >= 11 is 0. The predicted octanol–water partition coefficient (Wildman–Crippen LogP) is 2.74. The number of rotatable bonds is 7. The second kappa shape index (κ2) is 9.40. The highest BCUT2D eigenvalue weighted by atomic mass is 32.2. The normalized spacial score (nSPS) is 14.5. The third-order valence-corrected chi connectivity index (χ3v) is 7.08. The molecule has 0 spiro atoms. The minimum Gasteiger partial charge on any atom is -0.332 e. The number of nitrogens with zero attached hydrogens (tertiary/aromatic N) is 2. The predicted molar refractivity (Wildman–Crippen MR) is 116 cm³/mol. The summed E-state index contributed by atoms with van der Waals surface area (Å²) < 4.78 is 27.0. The maximum atomic E-state index is 12.8. The first-order valence-electron chi connectivity index (χ1n) is 10.1. The number of carbonyl (C=O) groups excluding carboxylic acids is 2. The summed E-state index contributed by atoms with van der Waals surface area (Å²) in [6.45, 7) is 2.86. The van der Waals surface area contributed by atoms with Gasteiger partial charge in [0, 0.05) is 31.4 Å². The Morgan fingerprint density at radius 3 is 2.47 bits per heavy atom. The Bertz CT molecular complexity index is 1030. The van der Waals surface area contributed by atoms with Crippen molar-refractivity contribution >= 4 is 27.5 Å². The number of amides is 2. The summed E-state index contributed by atoms with van der Waals surface area (Å²) in [4.78, 5) is 26.6. The van der Waals surface area contributed by atoms with Crippen molar-refractivity contribution in [2.24, 2.45) is 0 Å². The van der Waals surface area contributed by atoms with Crippen LogP contribution >= 0.6 is 0 Å². The molecule has 1 N–H and O–H groups in total. The number of sulfonamides is 1. The van der Waals surface area contributed by atoms with E-state index in [9.17, 15) is 18.0 Å². The Hall–Kier alpha value is -2.71. The highest BCUT2D eigenvalue weighted by Crippen LogP contribution is 2.22. The Kier molecular flexibility index (Phi) is 6.89. The fourth-order valence-corrected chi connectivity index (χ4v) is 5.08. The van der Waals surface area contributed by atoms with Gasteiger partial charge in [-0.2, -0.15) is 4.31 Å². The number of benzene rings is 2. The number of likely N-dealkylation sites (N-methyl/N-ethyl adjacent to an activating group) is 1. The molecule has 7 nitrogen and oxygen atoms in total. The van der Waals surface area contributed by atoms with Crippen molar-refractivity contribution in [1.29, 1.82) is 0 Å². The van der Waals surface area contributed by atoms with Gasteiger partial charge in [-0.15, -0.1) is 0 Å². The molecule has 0 aromatic heterocycles. The highest BCUT2D eigenvalue weighted by Gasteiger charge is 2.28. The average molecular weight is 430 g/mol. The van der Waals surface area contributed by atoms with Gasteiger partial charge in [0.15, 0.2) is 0 Å². The van der Waals surface area contributed by atoms with Gasteiger partial charge in [0.2, 0.25) is 15.9 Å². The van der Waals surface area contributed by atoms with E-state index < -0.39 is 15.9 Å². The standard InChI is InChI=1S/C22H27N3O4S/c1-3-17-9-4-5-12-20(17)23-21(26)16-24(2)22(27)18-10-8-11-19(15-18)30(28,29)25-13-6-7-14-25/h4-5,8-12,15H,3,6-7,13-14,16H2,1-2H3,(H,23,26). The summed E-state index contributed by atoms with van der Waals surface area (Å²) in [5.41, 5.74) is 1.98. The van der Waals surface area contributed by atoms with Crippen LogP contribution < -0.4 is 5.32 Å². The molecule has 8 heteroatoms. The van der Waals surface area contributed by atoms with E-state index >= 15 is 0 Å². The topological polar surface area (TPSA) is 86.8 Å². The molecule has 3 rings (SSSR count). The summed E-state index contributed by atoms with van der Waals surface area (Å²) in [6, 6.07) is 13.5. The van der Waals surface area contributed by atoms with E-state index in [4.69, 9.17) is 0 Å². The Morgan fingerprint density at radius 1 is 1.07 bits per heavy atom. The summed E-state index contributed by atoms with van der Waals surface area (Å²) in [6.07, 6.45) is 2.47. The molecule has 0 saturated carbocycles. The molecule has 2 aromatic carbocycles. The van der Waals surface area contributed by atoms with Crippen LogP contribution in [0.1, 0.15) is 35.7 Å². The number of nitrogens with one attached hydrogen (secondary N) is 1. The van der Waals surface area contributed by atoms with E-state index in [1.54, 1.807) is 12.1 Å². The first-order valence-corrected chi connectivity index (χ1v) is 11.5. The van der Waals surface area contributed by atoms with E-state index in [0.717, 1.165) is 30.5 Å². The first kappa shape index (κ1) is 22.0. The molecule has 0 bridgehead atoms. The smallest absolute Gasteiger partial charge is 0.254 e. The molecule has 0 unspecified atom stereocenters. The van der Waals surface area contributed by atoms with Gasteiger partial charge in [-0.05, 0) is 49.1 Å². The number of carbonyl (C=O) groups is 2.